The fraction of sp³-hybridized carbons (Fsp3) is 0.333. The molecule has 0 bridgehead atoms. The third kappa shape index (κ3) is 4.63. The average Bonchev–Trinajstić information content (AvgIpc) is 3.24. The van der Waals surface area contributed by atoms with E-state index in [0.717, 1.165) is 11.3 Å². The van der Waals surface area contributed by atoms with E-state index in [4.69, 9.17) is 4.74 Å². The minimum absolute atomic E-state index is 0.156. The lowest BCUT2D eigenvalue weighted by Crippen LogP contribution is -2.50. The first-order valence-corrected chi connectivity index (χ1v) is 11.1. The second-order valence-electron chi connectivity index (χ2n) is 6.09. The molecule has 10 heteroatoms. The smallest absolute Gasteiger partial charge is 0.409 e. The Morgan fingerprint density at radius 1 is 1.07 bits per heavy atom. The van der Waals surface area contributed by atoms with Crippen LogP contribution in [0, 0.1) is 0 Å². The highest BCUT2D eigenvalue weighted by atomic mass is 32.2. The molecule has 3 rings (SSSR count). The zero-order valence-corrected chi connectivity index (χ0v) is 17.0. The van der Waals surface area contributed by atoms with E-state index < -0.39 is 10.0 Å². The number of carbonyl (C=O) groups is 2. The summed E-state index contributed by atoms with van der Waals surface area (Å²) in [5.41, 5.74) is 0.848. The number of ether oxygens (including phenoxy) is 1. The number of sulfonamides is 1. The van der Waals surface area contributed by atoms with Gasteiger partial charge in [0.1, 0.15) is 4.21 Å². The largest absolute Gasteiger partial charge is 0.450 e. The molecule has 2 heterocycles. The van der Waals surface area contributed by atoms with Gasteiger partial charge in [0.25, 0.3) is 15.9 Å². The van der Waals surface area contributed by atoms with Crippen LogP contribution >= 0.6 is 11.3 Å². The Hall–Kier alpha value is -2.59. The molecule has 8 nitrogen and oxygen atoms in total. The molecular weight excluding hydrogens is 402 g/mol. The molecule has 1 aromatic heterocycles. The van der Waals surface area contributed by atoms with Gasteiger partial charge in [0, 0.05) is 37.4 Å². The molecular formula is C18H21N3O5S2. The van der Waals surface area contributed by atoms with Gasteiger partial charge in [-0.05, 0) is 42.6 Å². The van der Waals surface area contributed by atoms with Gasteiger partial charge < -0.3 is 14.5 Å². The Kier molecular flexibility index (Phi) is 6.20. The van der Waals surface area contributed by atoms with Crippen LogP contribution < -0.4 is 4.72 Å². The fourth-order valence-electron chi connectivity index (χ4n) is 2.79. The number of carbonyl (C=O) groups excluding carboxylic acids is 2. The quantitative estimate of drug-likeness (QED) is 0.797. The van der Waals surface area contributed by atoms with Crippen molar-refractivity contribution in [2.24, 2.45) is 0 Å². The number of rotatable bonds is 5. The van der Waals surface area contributed by atoms with Crippen molar-refractivity contribution < 1.29 is 22.7 Å². The van der Waals surface area contributed by atoms with E-state index in [0.29, 0.717) is 44.0 Å². The monoisotopic (exact) mass is 423 g/mol. The van der Waals surface area contributed by atoms with Crippen molar-refractivity contribution in [2.45, 2.75) is 11.1 Å². The molecule has 0 spiro atoms. The molecule has 0 atom stereocenters. The number of amides is 2. The molecule has 1 aliphatic heterocycles. The molecule has 1 aromatic carbocycles. The van der Waals surface area contributed by atoms with E-state index >= 15 is 0 Å². The summed E-state index contributed by atoms with van der Waals surface area (Å²) in [6.45, 7) is 3.75. The third-order valence-corrected chi connectivity index (χ3v) is 7.02. The molecule has 150 valence electrons. The first kappa shape index (κ1) is 20.2. The van der Waals surface area contributed by atoms with Crippen molar-refractivity contribution in [3.63, 3.8) is 0 Å². The second kappa shape index (κ2) is 8.61. The van der Waals surface area contributed by atoms with E-state index in [9.17, 15) is 18.0 Å². The topological polar surface area (TPSA) is 96.0 Å². The third-order valence-electron chi connectivity index (χ3n) is 4.24. The summed E-state index contributed by atoms with van der Waals surface area (Å²) < 4.78 is 32.2. The Morgan fingerprint density at radius 3 is 2.29 bits per heavy atom. The number of nitrogens with zero attached hydrogens (tertiary/aromatic N) is 2. The summed E-state index contributed by atoms with van der Waals surface area (Å²) in [5, 5.41) is 1.69. The number of piperazine rings is 1. The molecule has 28 heavy (non-hydrogen) atoms. The van der Waals surface area contributed by atoms with Gasteiger partial charge in [-0.15, -0.1) is 11.3 Å². The van der Waals surface area contributed by atoms with Crippen LogP contribution in [0.1, 0.15) is 17.3 Å². The summed E-state index contributed by atoms with van der Waals surface area (Å²) in [7, 11) is -3.62. The van der Waals surface area contributed by atoms with Gasteiger partial charge in [-0.3, -0.25) is 9.52 Å². The van der Waals surface area contributed by atoms with Crippen LogP contribution in [0.25, 0.3) is 0 Å². The van der Waals surface area contributed by atoms with Gasteiger partial charge in [0.2, 0.25) is 0 Å². The Labute approximate surface area is 167 Å². The van der Waals surface area contributed by atoms with Gasteiger partial charge in [-0.25, -0.2) is 13.2 Å². The van der Waals surface area contributed by atoms with E-state index in [1.807, 2.05) is 0 Å². The molecule has 0 saturated carbocycles. The van der Waals surface area contributed by atoms with Crippen molar-refractivity contribution >= 4 is 39.0 Å². The predicted octanol–water partition coefficient (Wildman–Crippen LogP) is 2.46. The maximum atomic E-state index is 12.6. The Balaban J connectivity index is 1.59. The Morgan fingerprint density at radius 2 is 1.71 bits per heavy atom. The van der Waals surface area contributed by atoms with Gasteiger partial charge in [-0.2, -0.15) is 0 Å². The number of benzene rings is 1. The minimum Gasteiger partial charge on any atom is -0.450 e. The summed E-state index contributed by atoms with van der Waals surface area (Å²) in [4.78, 5) is 27.6. The fourth-order valence-corrected chi connectivity index (χ4v) is 4.84. The van der Waals surface area contributed by atoms with Crippen molar-refractivity contribution in [3.8, 4) is 0 Å². The van der Waals surface area contributed by atoms with Crippen LogP contribution in [0.15, 0.2) is 46.0 Å². The molecule has 1 saturated heterocycles. The number of nitrogens with one attached hydrogen (secondary N) is 1. The number of thiophene rings is 1. The highest BCUT2D eigenvalue weighted by molar-refractivity contribution is 7.94. The number of hydrogen-bond acceptors (Lipinski definition) is 6. The highest BCUT2D eigenvalue weighted by Gasteiger charge is 2.25. The van der Waals surface area contributed by atoms with Crippen molar-refractivity contribution in [3.05, 3.63) is 47.3 Å². The molecule has 2 aromatic rings. The molecule has 0 radical (unpaired) electrons. The molecule has 1 fully saturated rings. The first-order chi connectivity index (χ1) is 13.4. The minimum atomic E-state index is -3.62. The van der Waals surface area contributed by atoms with Crippen molar-refractivity contribution in [1.82, 2.24) is 9.80 Å². The normalized spacial score (nSPS) is 14.6. The van der Waals surface area contributed by atoms with Crippen LogP contribution in [-0.2, 0) is 14.8 Å². The molecule has 1 aliphatic rings. The number of anilines is 1. The van der Waals surface area contributed by atoms with E-state index in [1.165, 1.54) is 6.07 Å². The standard InChI is InChI=1S/C18H21N3O5S2/c1-2-26-18(23)21-11-9-20(10-12-21)17(22)14-5-7-15(8-6-14)19-28(24,25)16-4-3-13-27-16/h3-8,13,19H,2,9-12H2,1H3. The van der Waals surface area contributed by atoms with Gasteiger partial charge in [0.05, 0.1) is 6.61 Å². The predicted molar refractivity (Wildman–Crippen MR) is 106 cm³/mol. The van der Waals surface area contributed by atoms with E-state index in [1.54, 1.807) is 52.4 Å². The first-order valence-electron chi connectivity index (χ1n) is 8.78. The highest BCUT2D eigenvalue weighted by Crippen LogP contribution is 2.21. The van der Waals surface area contributed by atoms with Crippen LogP contribution in [0.2, 0.25) is 0 Å². The van der Waals surface area contributed by atoms with Crippen molar-refractivity contribution in [1.29, 1.82) is 0 Å². The molecule has 2 amide bonds. The van der Waals surface area contributed by atoms with Gasteiger partial charge in [-0.1, -0.05) is 6.07 Å². The average molecular weight is 424 g/mol. The number of hydrogen-bond donors (Lipinski definition) is 1. The van der Waals surface area contributed by atoms with Crippen LogP contribution in [-0.4, -0.2) is 63.0 Å². The second-order valence-corrected chi connectivity index (χ2v) is 8.95. The molecule has 1 N–H and O–H groups in total. The molecule has 0 aliphatic carbocycles. The van der Waals surface area contributed by atoms with Crippen LogP contribution in [0.4, 0.5) is 10.5 Å². The van der Waals surface area contributed by atoms with Gasteiger partial charge >= 0.3 is 6.09 Å². The lowest BCUT2D eigenvalue weighted by Gasteiger charge is -2.34. The van der Waals surface area contributed by atoms with Crippen LogP contribution in [0.3, 0.4) is 0 Å². The van der Waals surface area contributed by atoms with E-state index in [-0.39, 0.29) is 16.2 Å². The van der Waals surface area contributed by atoms with E-state index in [2.05, 4.69) is 4.72 Å². The maximum Gasteiger partial charge on any atom is 0.409 e. The van der Waals surface area contributed by atoms with Crippen LogP contribution in [0.5, 0.6) is 0 Å². The zero-order chi connectivity index (χ0) is 20.1. The summed E-state index contributed by atoms with van der Waals surface area (Å²) in [6, 6.07) is 9.50. The Bertz CT molecular complexity index is 919. The lowest BCUT2D eigenvalue weighted by atomic mass is 10.1. The van der Waals surface area contributed by atoms with Gasteiger partial charge in [0.15, 0.2) is 0 Å². The SMILES string of the molecule is CCOC(=O)N1CCN(C(=O)c2ccc(NS(=O)(=O)c3cccs3)cc2)CC1. The summed E-state index contributed by atoms with van der Waals surface area (Å²) >= 11 is 1.13. The lowest BCUT2D eigenvalue weighted by molar-refractivity contribution is 0.0570. The summed E-state index contributed by atoms with van der Waals surface area (Å²) in [6.07, 6.45) is -0.364. The molecule has 0 unspecified atom stereocenters. The summed E-state index contributed by atoms with van der Waals surface area (Å²) in [5.74, 6) is -0.156. The maximum absolute atomic E-state index is 12.6. The van der Waals surface area contributed by atoms with Crippen molar-refractivity contribution in [2.75, 3.05) is 37.5 Å². The zero-order valence-electron chi connectivity index (χ0n) is 15.3.